The fourth-order valence-corrected chi connectivity index (χ4v) is 1.40. The van der Waals surface area contributed by atoms with Crippen molar-refractivity contribution < 1.29 is 19.4 Å². The highest BCUT2D eigenvalue weighted by Gasteiger charge is 2.13. The van der Waals surface area contributed by atoms with Gasteiger partial charge in [-0.3, -0.25) is 9.78 Å². The van der Waals surface area contributed by atoms with Crippen LogP contribution < -0.4 is 10.1 Å². The van der Waals surface area contributed by atoms with Gasteiger partial charge in [0.1, 0.15) is 5.75 Å². The van der Waals surface area contributed by atoms with Crippen molar-refractivity contribution in [3.05, 3.63) is 24.0 Å². The summed E-state index contributed by atoms with van der Waals surface area (Å²) in [4.78, 5) is 15.7. The molecule has 6 nitrogen and oxygen atoms in total. The Hall–Kier alpha value is -1.66. The van der Waals surface area contributed by atoms with E-state index in [-0.39, 0.29) is 12.5 Å². The van der Waals surface area contributed by atoms with E-state index < -0.39 is 6.10 Å². The van der Waals surface area contributed by atoms with Crippen molar-refractivity contribution in [2.75, 3.05) is 20.3 Å². The van der Waals surface area contributed by atoms with Crippen molar-refractivity contribution in [2.45, 2.75) is 26.1 Å². The smallest absolute Gasteiger partial charge is 0.260 e. The van der Waals surface area contributed by atoms with Crippen LogP contribution in [0, 0.1) is 0 Å². The monoisotopic (exact) mass is 268 g/mol. The number of aliphatic hydroxyl groups excluding tert-OH is 1. The maximum atomic E-state index is 11.7. The van der Waals surface area contributed by atoms with Gasteiger partial charge in [-0.2, -0.15) is 0 Å². The van der Waals surface area contributed by atoms with Crippen LogP contribution in [0.3, 0.4) is 0 Å². The average Bonchev–Trinajstić information content (AvgIpc) is 2.44. The van der Waals surface area contributed by atoms with Crippen LogP contribution in [0.4, 0.5) is 0 Å². The van der Waals surface area contributed by atoms with Gasteiger partial charge in [0.25, 0.3) is 5.91 Å². The van der Waals surface area contributed by atoms with Crippen LogP contribution in [0.5, 0.6) is 5.75 Å². The van der Waals surface area contributed by atoms with E-state index in [1.54, 1.807) is 26.2 Å². The van der Waals surface area contributed by atoms with Crippen molar-refractivity contribution in [3.63, 3.8) is 0 Å². The van der Waals surface area contributed by atoms with Gasteiger partial charge in [0.2, 0.25) is 0 Å². The minimum absolute atomic E-state index is 0.115. The summed E-state index contributed by atoms with van der Waals surface area (Å²) in [5.41, 5.74) is 0.559. The molecule has 0 saturated carbocycles. The lowest BCUT2D eigenvalue weighted by Gasteiger charge is -2.14. The zero-order valence-electron chi connectivity index (χ0n) is 11.3. The Morgan fingerprint density at radius 3 is 2.89 bits per heavy atom. The van der Waals surface area contributed by atoms with Gasteiger partial charge in [-0.15, -0.1) is 0 Å². The van der Waals surface area contributed by atoms with Crippen LogP contribution >= 0.6 is 0 Å². The highest BCUT2D eigenvalue weighted by atomic mass is 16.5. The lowest BCUT2D eigenvalue weighted by molar-refractivity contribution is -0.127. The molecule has 19 heavy (non-hydrogen) atoms. The summed E-state index contributed by atoms with van der Waals surface area (Å²) in [5, 5.41) is 11.6. The minimum atomic E-state index is -0.593. The Morgan fingerprint density at radius 1 is 1.53 bits per heavy atom. The number of amides is 1. The van der Waals surface area contributed by atoms with Crippen molar-refractivity contribution in [2.24, 2.45) is 0 Å². The topological polar surface area (TPSA) is 80.7 Å². The van der Waals surface area contributed by atoms with E-state index in [1.807, 2.05) is 0 Å². The second kappa shape index (κ2) is 8.44. The third-order valence-electron chi connectivity index (χ3n) is 2.47. The third kappa shape index (κ3) is 5.67. The van der Waals surface area contributed by atoms with E-state index in [2.05, 4.69) is 10.3 Å². The Morgan fingerprint density at radius 2 is 2.32 bits per heavy atom. The molecule has 1 atom stereocenters. The van der Waals surface area contributed by atoms with Crippen molar-refractivity contribution in [1.29, 1.82) is 0 Å². The SMILES string of the molecule is COCCCNC(=O)C(C)Oc1ccc(CO)nc1. The highest BCUT2D eigenvalue weighted by Crippen LogP contribution is 2.11. The van der Waals surface area contributed by atoms with Crippen LogP contribution in [0.25, 0.3) is 0 Å². The highest BCUT2D eigenvalue weighted by molar-refractivity contribution is 5.80. The van der Waals surface area contributed by atoms with E-state index in [4.69, 9.17) is 14.6 Å². The molecule has 0 aliphatic heterocycles. The van der Waals surface area contributed by atoms with Gasteiger partial charge in [0.05, 0.1) is 18.5 Å². The number of nitrogens with zero attached hydrogens (tertiary/aromatic N) is 1. The molecule has 0 bridgehead atoms. The predicted molar refractivity (Wildman–Crippen MR) is 69.8 cm³/mol. The summed E-state index contributed by atoms with van der Waals surface area (Å²) < 4.78 is 10.3. The molecule has 1 amide bonds. The molecule has 1 heterocycles. The molecule has 0 radical (unpaired) electrons. The van der Waals surface area contributed by atoms with E-state index >= 15 is 0 Å². The van der Waals surface area contributed by atoms with Gasteiger partial charge in [-0.25, -0.2) is 0 Å². The molecule has 0 spiro atoms. The maximum absolute atomic E-state index is 11.7. The molecule has 1 aromatic heterocycles. The lowest BCUT2D eigenvalue weighted by Crippen LogP contribution is -2.37. The first-order chi connectivity index (χ1) is 9.17. The first kappa shape index (κ1) is 15.4. The van der Waals surface area contributed by atoms with Crippen molar-refractivity contribution in [1.82, 2.24) is 10.3 Å². The quantitative estimate of drug-likeness (QED) is 0.671. The summed E-state index contributed by atoms with van der Waals surface area (Å²) >= 11 is 0. The third-order valence-corrected chi connectivity index (χ3v) is 2.47. The van der Waals surface area contributed by atoms with Gasteiger partial charge in [0.15, 0.2) is 6.10 Å². The minimum Gasteiger partial charge on any atom is -0.479 e. The van der Waals surface area contributed by atoms with E-state index in [0.717, 1.165) is 6.42 Å². The summed E-state index contributed by atoms with van der Waals surface area (Å²) in [6.45, 7) is 2.73. The fourth-order valence-electron chi connectivity index (χ4n) is 1.40. The zero-order chi connectivity index (χ0) is 14.1. The number of nitrogens with one attached hydrogen (secondary N) is 1. The first-order valence-corrected chi connectivity index (χ1v) is 6.16. The molecule has 1 unspecified atom stereocenters. The second-order valence-corrected chi connectivity index (χ2v) is 4.04. The summed E-state index contributed by atoms with van der Waals surface area (Å²) in [6, 6.07) is 3.33. The zero-order valence-corrected chi connectivity index (χ0v) is 11.3. The van der Waals surface area contributed by atoms with Gasteiger partial charge in [-0.05, 0) is 25.5 Å². The van der Waals surface area contributed by atoms with Gasteiger partial charge in [0, 0.05) is 20.3 Å². The van der Waals surface area contributed by atoms with Crippen LogP contribution in [0.15, 0.2) is 18.3 Å². The molecule has 2 N–H and O–H groups in total. The normalized spacial score (nSPS) is 11.9. The molecule has 0 saturated heterocycles. The largest absolute Gasteiger partial charge is 0.479 e. The second-order valence-electron chi connectivity index (χ2n) is 4.04. The average molecular weight is 268 g/mol. The van der Waals surface area contributed by atoms with Crippen molar-refractivity contribution >= 4 is 5.91 Å². The molecule has 1 rings (SSSR count). The van der Waals surface area contributed by atoms with Crippen LogP contribution in [-0.2, 0) is 16.1 Å². The molecular weight excluding hydrogens is 248 g/mol. The molecular formula is C13H20N2O4. The van der Waals surface area contributed by atoms with Crippen LogP contribution in [0.1, 0.15) is 19.0 Å². The van der Waals surface area contributed by atoms with E-state index in [0.29, 0.717) is 24.6 Å². The van der Waals surface area contributed by atoms with Crippen LogP contribution in [0.2, 0.25) is 0 Å². The Labute approximate surface area is 112 Å². The molecule has 0 aromatic carbocycles. The number of carbonyl (C=O) groups excluding carboxylic acids is 1. The van der Waals surface area contributed by atoms with Crippen LogP contribution in [-0.4, -0.2) is 42.4 Å². The standard InChI is InChI=1S/C13H20N2O4/c1-10(13(17)14-6-3-7-18-2)19-12-5-4-11(9-16)15-8-12/h4-5,8,10,16H,3,6-7,9H2,1-2H3,(H,14,17). The molecule has 0 aliphatic carbocycles. The fraction of sp³-hybridized carbons (Fsp3) is 0.538. The molecule has 6 heteroatoms. The number of carbonyl (C=O) groups is 1. The predicted octanol–water partition coefficient (Wildman–Crippen LogP) is 0.494. The number of aliphatic hydroxyl groups is 1. The summed E-state index contributed by atoms with van der Waals surface area (Å²) in [7, 11) is 1.62. The lowest BCUT2D eigenvalue weighted by atomic mass is 10.3. The van der Waals surface area contributed by atoms with E-state index in [1.165, 1.54) is 6.20 Å². The number of rotatable bonds is 8. The molecule has 1 aromatic rings. The van der Waals surface area contributed by atoms with Crippen molar-refractivity contribution in [3.8, 4) is 5.75 Å². The number of hydrogen-bond donors (Lipinski definition) is 2. The Bertz CT molecular complexity index is 381. The van der Waals surface area contributed by atoms with E-state index in [9.17, 15) is 4.79 Å². The number of aromatic nitrogens is 1. The number of ether oxygens (including phenoxy) is 2. The van der Waals surface area contributed by atoms with Gasteiger partial charge >= 0.3 is 0 Å². The molecule has 0 aliphatic rings. The number of hydrogen-bond acceptors (Lipinski definition) is 5. The van der Waals surface area contributed by atoms with Gasteiger partial charge < -0.3 is 19.9 Å². The molecule has 106 valence electrons. The summed E-state index contributed by atoms with van der Waals surface area (Å²) in [5.74, 6) is 0.319. The first-order valence-electron chi connectivity index (χ1n) is 6.16. The molecule has 0 fully saturated rings. The number of pyridine rings is 1. The Kier molecular flexibility index (Phi) is 6.84. The number of methoxy groups -OCH3 is 1. The maximum Gasteiger partial charge on any atom is 0.260 e. The Balaban J connectivity index is 2.35. The van der Waals surface area contributed by atoms with Gasteiger partial charge in [-0.1, -0.05) is 0 Å². The summed E-state index contributed by atoms with van der Waals surface area (Å²) in [6.07, 6.45) is 1.66.